The van der Waals surface area contributed by atoms with Crippen LogP contribution in [-0.2, 0) is 4.74 Å². The Bertz CT molecular complexity index is 578. The van der Waals surface area contributed by atoms with Gasteiger partial charge in [0.25, 0.3) is 5.82 Å². The summed E-state index contributed by atoms with van der Waals surface area (Å²) in [6, 6.07) is 0. The van der Waals surface area contributed by atoms with Gasteiger partial charge in [-0.15, -0.1) is 0 Å². The molecule has 0 saturated carbocycles. The van der Waals surface area contributed by atoms with Crippen LogP contribution < -0.4 is 10.2 Å². The molecule has 5 N–H and O–H groups in total. The summed E-state index contributed by atoms with van der Waals surface area (Å²) >= 11 is 0. The van der Waals surface area contributed by atoms with Gasteiger partial charge in [0.05, 0.1) is 6.61 Å². The highest BCUT2D eigenvalue weighted by Gasteiger charge is 2.62. The van der Waals surface area contributed by atoms with Crippen LogP contribution in [0.15, 0.2) is 11.3 Å². The van der Waals surface area contributed by atoms with Crippen LogP contribution in [0.1, 0.15) is 6.92 Å². The van der Waals surface area contributed by atoms with Gasteiger partial charge in [0.2, 0.25) is 12.1 Å². The minimum Gasteiger partial charge on any atom is -0.394 e. The molecule has 3 heterocycles. The second kappa shape index (κ2) is 4.17. The van der Waals surface area contributed by atoms with E-state index in [1.54, 1.807) is 0 Å². The smallest absolute Gasteiger partial charge is 0.269 e. The van der Waals surface area contributed by atoms with Crippen molar-refractivity contribution >= 4 is 23.7 Å². The number of aliphatic hydroxyl groups excluding tert-OH is 2. The number of fused-ring (bicyclic) bond motifs is 2. The first-order valence-corrected chi connectivity index (χ1v) is 6.11. The molecule has 2 aliphatic heterocycles. The van der Waals surface area contributed by atoms with Crippen molar-refractivity contribution in [1.29, 1.82) is 0 Å². The second-order valence-corrected chi connectivity index (χ2v) is 5.10. The van der Waals surface area contributed by atoms with Gasteiger partial charge >= 0.3 is 0 Å². The topological polar surface area (TPSA) is 134 Å². The standard InChI is InChI=1S/C11H16N5O4/c1-11(19)8(18)6(2-17)20-5-16(11)4-15-7-9(12)13-3-14-10(7)16/h3-4,6,8,17-19H,2,5H2,1H3,(H2,12,13,14)/q+1/t6-,8-,11?,16?/m1/s1. The predicted octanol–water partition coefficient (Wildman–Crippen LogP) is -1.54. The second-order valence-electron chi connectivity index (χ2n) is 5.10. The minimum atomic E-state index is -1.67. The summed E-state index contributed by atoms with van der Waals surface area (Å²) in [6.45, 7) is 1.03. The van der Waals surface area contributed by atoms with E-state index in [0.29, 0.717) is 11.5 Å². The lowest BCUT2D eigenvalue weighted by Gasteiger charge is -2.49. The maximum Gasteiger partial charge on any atom is 0.269 e. The molecule has 1 saturated heterocycles. The van der Waals surface area contributed by atoms with E-state index in [4.69, 9.17) is 10.5 Å². The fourth-order valence-corrected chi connectivity index (χ4v) is 2.61. The largest absolute Gasteiger partial charge is 0.394 e. The van der Waals surface area contributed by atoms with Crippen molar-refractivity contribution in [2.45, 2.75) is 24.9 Å². The Kier molecular flexibility index (Phi) is 2.78. The van der Waals surface area contributed by atoms with Gasteiger partial charge < -0.3 is 25.8 Å². The number of anilines is 1. The van der Waals surface area contributed by atoms with Crippen molar-refractivity contribution in [2.24, 2.45) is 4.99 Å². The number of aromatic nitrogens is 2. The summed E-state index contributed by atoms with van der Waals surface area (Å²) in [6.07, 6.45) is 0.510. The summed E-state index contributed by atoms with van der Waals surface area (Å²) in [7, 11) is 0. The van der Waals surface area contributed by atoms with Gasteiger partial charge in [-0.2, -0.15) is 14.5 Å². The first-order valence-electron chi connectivity index (χ1n) is 6.11. The zero-order chi connectivity index (χ0) is 14.5. The predicted molar refractivity (Wildman–Crippen MR) is 69.8 cm³/mol. The van der Waals surface area contributed by atoms with Gasteiger partial charge in [-0.1, -0.05) is 0 Å². The molecule has 1 aromatic heterocycles. The Morgan fingerprint density at radius 2 is 2.30 bits per heavy atom. The van der Waals surface area contributed by atoms with Crippen LogP contribution in [0.5, 0.6) is 0 Å². The molecule has 9 nitrogen and oxygen atoms in total. The van der Waals surface area contributed by atoms with Crippen molar-refractivity contribution in [1.82, 2.24) is 14.5 Å². The zero-order valence-electron chi connectivity index (χ0n) is 10.8. The van der Waals surface area contributed by atoms with Crippen LogP contribution in [0.2, 0.25) is 0 Å². The molecule has 3 rings (SSSR count). The van der Waals surface area contributed by atoms with E-state index in [0.717, 1.165) is 0 Å². The van der Waals surface area contributed by atoms with Crippen LogP contribution in [0.25, 0.3) is 0 Å². The maximum atomic E-state index is 10.8. The molecular weight excluding hydrogens is 266 g/mol. The third kappa shape index (κ3) is 1.46. The van der Waals surface area contributed by atoms with E-state index in [9.17, 15) is 15.3 Å². The molecule has 20 heavy (non-hydrogen) atoms. The van der Waals surface area contributed by atoms with Gasteiger partial charge in [-0.25, -0.2) is 4.98 Å². The van der Waals surface area contributed by atoms with Crippen molar-refractivity contribution in [3.8, 4) is 0 Å². The molecule has 0 bridgehead atoms. The average Bonchev–Trinajstić information content (AvgIpc) is 2.80. The molecule has 0 aromatic carbocycles. The van der Waals surface area contributed by atoms with Gasteiger partial charge in [0.1, 0.15) is 12.4 Å². The van der Waals surface area contributed by atoms with Crippen LogP contribution in [0.4, 0.5) is 17.3 Å². The number of nitrogens with two attached hydrogens (primary N) is 1. The van der Waals surface area contributed by atoms with E-state index in [1.807, 2.05) is 0 Å². The molecular formula is C11H16N5O4+. The lowest BCUT2D eigenvalue weighted by atomic mass is 9.97. The maximum absolute atomic E-state index is 10.8. The van der Waals surface area contributed by atoms with Crippen LogP contribution in [0, 0.1) is 0 Å². The van der Waals surface area contributed by atoms with Crippen LogP contribution in [-0.4, -0.2) is 62.9 Å². The first kappa shape index (κ1) is 13.3. The number of hydrogen-bond acceptors (Lipinski definition) is 8. The molecule has 0 radical (unpaired) electrons. The Morgan fingerprint density at radius 3 is 3.00 bits per heavy atom. The van der Waals surface area contributed by atoms with Gasteiger partial charge in [0, 0.05) is 6.92 Å². The number of hydrogen-bond donors (Lipinski definition) is 4. The monoisotopic (exact) mass is 282 g/mol. The molecule has 0 aliphatic carbocycles. The summed E-state index contributed by atoms with van der Waals surface area (Å²) in [5.74, 6) is 0.550. The molecule has 1 fully saturated rings. The fraction of sp³-hybridized carbons (Fsp3) is 0.545. The molecule has 1 aromatic rings. The normalized spacial score (nSPS) is 39.2. The fourth-order valence-electron chi connectivity index (χ4n) is 2.61. The molecule has 0 amide bonds. The van der Waals surface area contributed by atoms with E-state index < -0.39 is 24.5 Å². The highest BCUT2D eigenvalue weighted by Crippen LogP contribution is 2.46. The van der Waals surface area contributed by atoms with Crippen molar-refractivity contribution in [2.75, 3.05) is 19.1 Å². The number of aliphatic imine (C=N–C) groups is 1. The summed E-state index contributed by atoms with van der Waals surface area (Å²) in [5.41, 5.74) is 4.43. The quantitative estimate of drug-likeness (QED) is 0.458. The van der Waals surface area contributed by atoms with Crippen molar-refractivity contribution in [3.05, 3.63) is 6.33 Å². The molecule has 1 spiro atoms. The van der Waals surface area contributed by atoms with Gasteiger partial charge in [0.15, 0.2) is 24.3 Å². The van der Waals surface area contributed by atoms with Gasteiger partial charge in [-0.3, -0.25) is 0 Å². The number of nitrogen functional groups attached to an aromatic ring is 1. The van der Waals surface area contributed by atoms with Crippen LogP contribution in [0.3, 0.4) is 0 Å². The Labute approximate surface area is 114 Å². The minimum absolute atomic E-state index is 0.0256. The zero-order valence-corrected chi connectivity index (χ0v) is 10.8. The lowest BCUT2D eigenvalue weighted by Crippen LogP contribution is -2.75. The Balaban J connectivity index is 2.12. The number of aliphatic hydroxyl groups is 3. The highest BCUT2D eigenvalue weighted by molar-refractivity contribution is 5.91. The molecule has 2 unspecified atom stereocenters. The van der Waals surface area contributed by atoms with E-state index >= 15 is 0 Å². The Morgan fingerprint density at radius 1 is 1.55 bits per heavy atom. The number of ether oxygens (including phenoxy) is 1. The van der Waals surface area contributed by atoms with E-state index in [1.165, 1.54) is 19.6 Å². The Hall–Kier alpha value is -1.65. The summed E-state index contributed by atoms with van der Waals surface area (Å²) < 4.78 is 5.12. The summed E-state index contributed by atoms with van der Waals surface area (Å²) in [4.78, 5) is 12.1. The van der Waals surface area contributed by atoms with Crippen molar-refractivity contribution < 1.29 is 20.1 Å². The average molecular weight is 282 g/mol. The molecule has 4 atom stereocenters. The molecule has 9 heteroatoms. The number of quaternary nitrogens is 1. The van der Waals surface area contributed by atoms with Crippen LogP contribution >= 0.6 is 0 Å². The third-order valence-electron chi connectivity index (χ3n) is 3.99. The molecule has 108 valence electrons. The van der Waals surface area contributed by atoms with E-state index in [-0.39, 0.29) is 17.0 Å². The highest BCUT2D eigenvalue weighted by atomic mass is 16.5. The summed E-state index contributed by atoms with van der Waals surface area (Å²) in [5, 5.41) is 30.2. The SMILES string of the molecule is CC1(O)[C@H](O)[C@@H](CO)OC[N+]12C=Nc1c(N)ncnc12. The third-order valence-corrected chi connectivity index (χ3v) is 3.99. The lowest BCUT2D eigenvalue weighted by molar-refractivity contribution is -0.251. The van der Waals surface area contributed by atoms with E-state index in [2.05, 4.69) is 15.0 Å². The molecule has 2 aliphatic rings. The number of nitrogens with zero attached hydrogens (tertiary/aromatic N) is 4. The first-order chi connectivity index (χ1) is 9.44. The number of rotatable bonds is 1. The van der Waals surface area contributed by atoms with Gasteiger partial charge in [-0.05, 0) is 0 Å². The van der Waals surface area contributed by atoms with Crippen molar-refractivity contribution in [3.63, 3.8) is 0 Å².